The van der Waals surface area contributed by atoms with Crippen molar-refractivity contribution in [2.45, 2.75) is 17.9 Å². The van der Waals surface area contributed by atoms with E-state index in [9.17, 15) is 9.59 Å². The van der Waals surface area contributed by atoms with Gasteiger partial charge in [0.2, 0.25) is 11.8 Å². The lowest BCUT2D eigenvalue weighted by Crippen LogP contribution is -2.37. The van der Waals surface area contributed by atoms with E-state index in [0.717, 1.165) is 16.1 Å². The molecular formula is C21H18N2O4S. The number of ether oxygens (including phenoxy) is 1. The zero-order valence-electron chi connectivity index (χ0n) is 15.0. The van der Waals surface area contributed by atoms with Crippen molar-refractivity contribution in [1.82, 2.24) is 4.98 Å². The molecule has 0 unspecified atom stereocenters. The van der Waals surface area contributed by atoms with E-state index in [4.69, 9.17) is 9.15 Å². The number of amides is 1. The molecule has 28 heavy (non-hydrogen) atoms. The first-order valence-electron chi connectivity index (χ1n) is 8.88. The van der Waals surface area contributed by atoms with E-state index in [1.165, 1.54) is 11.8 Å². The standard InChI is InChI=1S/C21H18N2O4S/c24-20-14-28-18-9-5-4-8-16(18)23(20)11-10-21(25)26-13-19-22-12-17(27-19)15-6-2-1-3-7-15/h1-9,12H,10-11,13-14H2. The fourth-order valence-corrected chi connectivity index (χ4v) is 3.87. The number of benzene rings is 2. The summed E-state index contributed by atoms with van der Waals surface area (Å²) in [5.41, 5.74) is 1.75. The molecule has 4 rings (SSSR count). The number of oxazole rings is 1. The van der Waals surface area contributed by atoms with Crippen LogP contribution in [-0.4, -0.2) is 29.2 Å². The van der Waals surface area contributed by atoms with Crippen LogP contribution in [0, 0.1) is 0 Å². The maximum absolute atomic E-state index is 12.2. The molecule has 6 nitrogen and oxygen atoms in total. The number of nitrogens with zero attached hydrogens (tertiary/aromatic N) is 2. The number of rotatable bonds is 6. The maximum Gasteiger partial charge on any atom is 0.308 e. The Morgan fingerprint density at radius 3 is 2.79 bits per heavy atom. The lowest BCUT2D eigenvalue weighted by molar-refractivity contribution is -0.145. The van der Waals surface area contributed by atoms with Gasteiger partial charge in [-0.2, -0.15) is 0 Å². The Balaban J connectivity index is 1.31. The fraction of sp³-hybridized carbons (Fsp3) is 0.190. The number of hydrogen-bond donors (Lipinski definition) is 0. The topological polar surface area (TPSA) is 72.6 Å². The van der Waals surface area contributed by atoms with Crippen molar-refractivity contribution >= 4 is 29.3 Å². The predicted octanol–water partition coefficient (Wildman–Crippen LogP) is 3.91. The van der Waals surface area contributed by atoms with Crippen LogP contribution in [0.4, 0.5) is 5.69 Å². The highest BCUT2D eigenvalue weighted by Gasteiger charge is 2.24. The number of anilines is 1. The van der Waals surface area contributed by atoms with Gasteiger partial charge in [0.1, 0.15) is 0 Å². The Kier molecular flexibility index (Phi) is 5.43. The number of aromatic nitrogens is 1. The van der Waals surface area contributed by atoms with Gasteiger partial charge in [-0.1, -0.05) is 42.5 Å². The van der Waals surface area contributed by atoms with Gasteiger partial charge in [0.25, 0.3) is 0 Å². The summed E-state index contributed by atoms with van der Waals surface area (Å²) in [5, 5.41) is 0. The number of esters is 1. The molecule has 7 heteroatoms. The van der Waals surface area contributed by atoms with Crippen LogP contribution in [0.2, 0.25) is 0 Å². The molecule has 0 radical (unpaired) electrons. The van der Waals surface area contributed by atoms with Crippen molar-refractivity contribution in [2.24, 2.45) is 0 Å². The molecule has 1 aliphatic heterocycles. The first kappa shape index (κ1) is 18.3. The fourth-order valence-electron chi connectivity index (χ4n) is 2.93. The van der Waals surface area contributed by atoms with Gasteiger partial charge in [0, 0.05) is 17.0 Å². The van der Waals surface area contributed by atoms with Gasteiger partial charge in [-0.05, 0) is 12.1 Å². The molecule has 0 bridgehead atoms. The van der Waals surface area contributed by atoms with Gasteiger partial charge in [0.15, 0.2) is 12.4 Å². The number of hydrogen-bond acceptors (Lipinski definition) is 6. The Labute approximate surface area is 166 Å². The number of carbonyl (C=O) groups is 2. The highest BCUT2D eigenvalue weighted by Crippen LogP contribution is 2.34. The summed E-state index contributed by atoms with van der Waals surface area (Å²) >= 11 is 1.51. The molecule has 0 saturated heterocycles. The minimum Gasteiger partial charge on any atom is -0.456 e. The largest absolute Gasteiger partial charge is 0.456 e. The molecule has 1 amide bonds. The first-order chi connectivity index (χ1) is 13.7. The van der Waals surface area contributed by atoms with Crippen LogP contribution in [0.15, 0.2) is 70.1 Å². The summed E-state index contributed by atoms with van der Waals surface area (Å²) in [6.45, 7) is 0.252. The molecule has 2 aromatic carbocycles. The van der Waals surface area contributed by atoms with Crippen molar-refractivity contribution in [1.29, 1.82) is 0 Å². The van der Waals surface area contributed by atoms with E-state index in [-0.39, 0.29) is 25.5 Å². The molecule has 0 atom stereocenters. The minimum absolute atomic E-state index is 0.00305. The lowest BCUT2D eigenvalue weighted by Gasteiger charge is -2.28. The van der Waals surface area contributed by atoms with E-state index in [1.807, 2.05) is 54.6 Å². The number of fused-ring (bicyclic) bond motifs is 1. The van der Waals surface area contributed by atoms with Crippen molar-refractivity contribution in [3.8, 4) is 11.3 Å². The van der Waals surface area contributed by atoms with Crippen molar-refractivity contribution in [3.63, 3.8) is 0 Å². The third kappa shape index (κ3) is 4.09. The van der Waals surface area contributed by atoms with Crippen molar-refractivity contribution in [2.75, 3.05) is 17.2 Å². The number of thioether (sulfide) groups is 1. The third-order valence-electron chi connectivity index (χ3n) is 4.32. The summed E-state index contributed by atoms with van der Waals surface area (Å²) in [4.78, 5) is 31.2. The summed E-state index contributed by atoms with van der Waals surface area (Å²) in [6, 6.07) is 17.3. The average Bonchev–Trinajstić information content (AvgIpc) is 3.21. The predicted molar refractivity (Wildman–Crippen MR) is 106 cm³/mol. The van der Waals surface area contributed by atoms with Crippen molar-refractivity contribution < 1.29 is 18.7 Å². The minimum atomic E-state index is -0.400. The molecule has 1 aliphatic rings. The maximum atomic E-state index is 12.2. The van der Waals surface area contributed by atoms with E-state index in [2.05, 4.69) is 4.98 Å². The second-order valence-corrected chi connectivity index (χ2v) is 7.21. The molecular weight excluding hydrogens is 376 g/mol. The first-order valence-corrected chi connectivity index (χ1v) is 9.87. The summed E-state index contributed by atoms with van der Waals surface area (Å²) < 4.78 is 10.9. The van der Waals surface area contributed by atoms with Gasteiger partial charge < -0.3 is 14.1 Å². The molecule has 0 saturated carbocycles. The molecule has 2 heterocycles. The van der Waals surface area contributed by atoms with Crippen LogP contribution in [0.25, 0.3) is 11.3 Å². The molecule has 0 aliphatic carbocycles. The van der Waals surface area contributed by atoms with E-state index in [1.54, 1.807) is 11.1 Å². The summed E-state index contributed by atoms with van der Waals surface area (Å²) in [7, 11) is 0. The summed E-state index contributed by atoms with van der Waals surface area (Å²) in [5.74, 6) is 0.937. The van der Waals surface area contributed by atoms with E-state index < -0.39 is 5.97 Å². The van der Waals surface area contributed by atoms with Crippen LogP contribution in [0.1, 0.15) is 12.3 Å². The summed E-state index contributed by atoms with van der Waals surface area (Å²) in [6.07, 6.45) is 1.72. The molecule has 0 spiro atoms. The van der Waals surface area contributed by atoms with Gasteiger partial charge in [-0.25, -0.2) is 4.98 Å². The van der Waals surface area contributed by atoms with Gasteiger partial charge in [-0.3, -0.25) is 9.59 Å². The molecule has 142 valence electrons. The van der Waals surface area contributed by atoms with Crippen LogP contribution in [-0.2, 0) is 20.9 Å². The van der Waals surface area contributed by atoms with E-state index in [0.29, 0.717) is 17.4 Å². The SMILES string of the molecule is O=C(CCN1C(=O)CSc2ccccc21)OCc1ncc(-c2ccccc2)o1. The number of carbonyl (C=O) groups excluding carboxylic acids is 2. The molecule has 0 fully saturated rings. The highest BCUT2D eigenvalue weighted by atomic mass is 32.2. The van der Waals surface area contributed by atoms with Crippen LogP contribution in [0.5, 0.6) is 0 Å². The Hall–Kier alpha value is -3.06. The van der Waals surface area contributed by atoms with Gasteiger partial charge in [0.05, 0.1) is 24.1 Å². The Morgan fingerprint density at radius 1 is 1.14 bits per heavy atom. The van der Waals surface area contributed by atoms with Crippen LogP contribution < -0.4 is 4.90 Å². The smallest absolute Gasteiger partial charge is 0.308 e. The third-order valence-corrected chi connectivity index (χ3v) is 5.36. The van der Waals surface area contributed by atoms with E-state index >= 15 is 0 Å². The molecule has 0 N–H and O–H groups in total. The zero-order chi connectivity index (χ0) is 19.3. The molecule has 3 aromatic rings. The van der Waals surface area contributed by atoms with Crippen molar-refractivity contribution in [3.05, 3.63) is 66.7 Å². The quantitative estimate of drug-likeness (QED) is 0.590. The monoisotopic (exact) mass is 394 g/mol. The Bertz CT molecular complexity index is 987. The highest BCUT2D eigenvalue weighted by molar-refractivity contribution is 8.00. The average molecular weight is 394 g/mol. The zero-order valence-corrected chi connectivity index (χ0v) is 15.9. The second-order valence-electron chi connectivity index (χ2n) is 6.20. The van der Waals surface area contributed by atoms with Crippen LogP contribution in [0.3, 0.4) is 0 Å². The van der Waals surface area contributed by atoms with Gasteiger partial charge >= 0.3 is 5.97 Å². The lowest BCUT2D eigenvalue weighted by atomic mass is 10.2. The normalized spacial score (nSPS) is 13.3. The van der Waals surface area contributed by atoms with Crippen LogP contribution >= 0.6 is 11.8 Å². The second kappa shape index (κ2) is 8.31. The van der Waals surface area contributed by atoms with Gasteiger partial charge in [-0.15, -0.1) is 11.8 Å². The molecule has 1 aromatic heterocycles. The number of para-hydroxylation sites is 1. The Morgan fingerprint density at radius 2 is 1.93 bits per heavy atom.